The van der Waals surface area contributed by atoms with E-state index in [0.29, 0.717) is 5.92 Å². The third kappa shape index (κ3) is 3.45. The number of amides is 1. The number of rotatable bonds is 5. The van der Waals surface area contributed by atoms with Crippen LogP contribution in [0.25, 0.3) is 0 Å². The van der Waals surface area contributed by atoms with E-state index in [-0.39, 0.29) is 11.3 Å². The van der Waals surface area contributed by atoms with Crippen LogP contribution in [0.2, 0.25) is 0 Å². The molecule has 0 heterocycles. The summed E-state index contributed by atoms with van der Waals surface area (Å²) in [5.74, 6) is -0.589. The molecule has 0 spiro atoms. The minimum Gasteiger partial charge on any atom is -0.480 e. The lowest BCUT2D eigenvalue weighted by Crippen LogP contribution is -2.46. The molecule has 0 aromatic carbocycles. The van der Waals surface area contributed by atoms with E-state index >= 15 is 0 Å². The summed E-state index contributed by atoms with van der Waals surface area (Å²) in [7, 11) is 0. The quantitative estimate of drug-likeness (QED) is 0.775. The number of hydrogen-bond acceptors (Lipinski definition) is 2. The summed E-state index contributed by atoms with van der Waals surface area (Å²) in [4.78, 5) is 23.0. The molecular weight excluding hydrogens is 218 g/mol. The van der Waals surface area contributed by atoms with Crippen LogP contribution in [0, 0.1) is 11.3 Å². The number of carbonyl (C=O) groups excluding carboxylic acids is 1. The fourth-order valence-corrected chi connectivity index (χ4v) is 2.77. The minimum absolute atomic E-state index is 0.0707. The average Bonchev–Trinajstić information content (AvgIpc) is 2.66. The van der Waals surface area contributed by atoms with Crippen LogP contribution < -0.4 is 5.32 Å². The van der Waals surface area contributed by atoms with Gasteiger partial charge in [-0.1, -0.05) is 26.7 Å². The first-order valence-electron chi connectivity index (χ1n) is 6.41. The van der Waals surface area contributed by atoms with Gasteiger partial charge < -0.3 is 10.4 Å². The number of carboxylic acids is 1. The van der Waals surface area contributed by atoms with Gasteiger partial charge in [-0.2, -0.15) is 0 Å². The van der Waals surface area contributed by atoms with Crippen LogP contribution in [0.5, 0.6) is 0 Å². The van der Waals surface area contributed by atoms with Gasteiger partial charge in [0.15, 0.2) is 0 Å². The van der Waals surface area contributed by atoms with Crippen molar-refractivity contribution in [3.8, 4) is 0 Å². The second kappa shape index (κ2) is 5.52. The Balaban J connectivity index is 2.70. The van der Waals surface area contributed by atoms with Gasteiger partial charge in [0.2, 0.25) is 5.91 Å². The van der Waals surface area contributed by atoms with E-state index < -0.39 is 12.0 Å². The fourth-order valence-electron chi connectivity index (χ4n) is 2.77. The van der Waals surface area contributed by atoms with Gasteiger partial charge in [0.05, 0.1) is 0 Å². The van der Waals surface area contributed by atoms with Gasteiger partial charge in [0.1, 0.15) is 6.04 Å². The molecule has 0 unspecified atom stereocenters. The summed E-state index contributed by atoms with van der Waals surface area (Å²) in [5, 5.41) is 11.5. The van der Waals surface area contributed by atoms with E-state index in [2.05, 4.69) is 19.2 Å². The maximum atomic E-state index is 12.2. The molecule has 2 N–H and O–H groups in total. The average molecular weight is 241 g/mol. The zero-order chi connectivity index (χ0) is 13.1. The summed E-state index contributed by atoms with van der Waals surface area (Å²) in [6, 6.07) is -0.799. The number of hydrogen-bond donors (Lipinski definition) is 2. The molecule has 1 rings (SSSR count). The van der Waals surface area contributed by atoms with Gasteiger partial charge in [0, 0.05) is 5.41 Å². The second-order valence-electron chi connectivity index (χ2n) is 5.62. The SMILES string of the molecule is CC(C)CC1(C(=O)N[C@@H](C)C(=O)O)CCCC1. The maximum absolute atomic E-state index is 12.2. The number of nitrogens with one attached hydrogen (secondary N) is 1. The Bertz CT molecular complexity index is 293. The van der Waals surface area contributed by atoms with Gasteiger partial charge in [-0.3, -0.25) is 9.59 Å². The van der Waals surface area contributed by atoms with E-state index in [1.54, 1.807) is 0 Å². The molecule has 0 aromatic rings. The van der Waals surface area contributed by atoms with Crippen molar-refractivity contribution < 1.29 is 14.7 Å². The first-order valence-corrected chi connectivity index (χ1v) is 6.41. The van der Waals surface area contributed by atoms with Crippen molar-refractivity contribution >= 4 is 11.9 Å². The third-order valence-electron chi connectivity index (χ3n) is 3.56. The Morgan fingerprint density at radius 3 is 2.18 bits per heavy atom. The van der Waals surface area contributed by atoms with Crippen LogP contribution in [0.1, 0.15) is 52.9 Å². The van der Waals surface area contributed by atoms with E-state index in [1.165, 1.54) is 6.92 Å². The highest BCUT2D eigenvalue weighted by molar-refractivity contribution is 5.87. The predicted octanol–water partition coefficient (Wildman–Crippen LogP) is 2.18. The molecule has 0 saturated heterocycles. The topological polar surface area (TPSA) is 66.4 Å². The zero-order valence-electron chi connectivity index (χ0n) is 11.0. The van der Waals surface area contributed by atoms with Crippen LogP contribution in [0.4, 0.5) is 0 Å². The highest BCUT2D eigenvalue weighted by Crippen LogP contribution is 2.43. The fraction of sp³-hybridized carbons (Fsp3) is 0.846. The van der Waals surface area contributed by atoms with E-state index in [9.17, 15) is 9.59 Å². The molecule has 0 bridgehead atoms. The Labute approximate surface area is 103 Å². The standard InChI is InChI=1S/C13H23NO3/c1-9(2)8-13(6-4-5-7-13)12(17)14-10(3)11(15)16/h9-10H,4-8H2,1-3H3,(H,14,17)(H,15,16)/t10-/m0/s1. The molecule has 1 saturated carbocycles. The molecule has 0 aliphatic heterocycles. The first-order chi connectivity index (χ1) is 7.87. The second-order valence-corrected chi connectivity index (χ2v) is 5.62. The van der Waals surface area contributed by atoms with E-state index in [4.69, 9.17) is 5.11 Å². The van der Waals surface area contributed by atoms with Crippen LogP contribution in [-0.2, 0) is 9.59 Å². The van der Waals surface area contributed by atoms with E-state index in [0.717, 1.165) is 32.1 Å². The Hall–Kier alpha value is -1.06. The van der Waals surface area contributed by atoms with Gasteiger partial charge in [-0.15, -0.1) is 0 Å². The van der Waals surface area contributed by atoms with E-state index in [1.807, 2.05) is 0 Å². The Morgan fingerprint density at radius 1 is 1.24 bits per heavy atom. The molecule has 98 valence electrons. The Kier molecular flexibility index (Phi) is 4.54. The molecule has 1 aliphatic rings. The normalized spacial score (nSPS) is 20.2. The molecule has 0 radical (unpaired) electrons. The molecule has 0 aromatic heterocycles. The molecule has 4 heteroatoms. The molecule has 1 atom stereocenters. The zero-order valence-corrected chi connectivity index (χ0v) is 11.0. The van der Waals surface area contributed by atoms with Crippen molar-refractivity contribution in [2.75, 3.05) is 0 Å². The molecule has 17 heavy (non-hydrogen) atoms. The molecular formula is C13H23NO3. The highest BCUT2D eigenvalue weighted by Gasteiger charge is 2.42. The summed E-state index contributed by atoms with van der Waals surface area (Å²) < 4.78 is 0. The molecule has 1 amide bonds. The molecule has 1 fully saturated rings. The van der Waals surface area contributed by atoms with Gasteiger partial charge in [-0.05, 0) is 32.1 Å². The highest BCUT2D eigenvalue weighted by atomic mass is 16.4. The number of carboxylic acid groups (broad SMARTS) is 1. The van der Waals surface area contributed by atoms with Crippen molar-refractivity contribution in [3.05, 3.63) is 0 Å². The summed E-state index contributed by atoms with van der Waals surface area (Å²) >= 11 is 0. The van der Waals surface area contributed by atoms with Gasteiger partial charge >= 0.3 is 5.97 Å². The Morgan fingerprint density at radius 2 is 1.76 bits per heavy atom. The monoisotopic (exact) mass is 241 g/mol. The van der Waals surface area contributed by atoms with Crippen molar-refractivity contribution in [2.24, 2.45) is 11.3 Å². The molecule has 1 aliphatic carbocycles. The summed E-state index contributed by atoms with van der Waals surface area (Å²) in [6.45, 7) is 5.72. The number of carbonyl (C=O) groups is 2. The van der Waals surface area contributed by atoms with Crippen LogP contribution in [0.15, 0.2) is 0 Å². The smallest absolute Gasteiger partial charge is 0.325 e. The lowest BCUT2D eigenvalue weighted by Gasteiger charge is -2.30. The lowest BCUT2D eigenvalue weighted by molar-refractivity contribution is -0.143. The van der Waals surface area contributed by atoms with Crippen molar-refractivity contribution in [3.63, 3.8) is 0 Å². The van der Waals surface area contributed by atoms with Gasteiger partial charge in [-0.25, -0.2) is 0 Å². The lowest BCUT2D eigenvalue weighted by atomic mass is 9.77. The van der Waals surface area contributed by atoms with Crippen LogP contribution in [-0.4, -0.2) is 23.0 Å². The van der Waals surface area contributed by atoms with Crippen molar-refractivity contribution in [1.82, 2.24) is 5.32 Å². The number of aliphatic carboxylic acids is 1. The first kappa shape index (κ1) is 14.0. The largest absolute Gasteiger partial charge is 0.480 e. The van der Waals surface area contributed by atoms with Gasteiger partial charge in [0.25, 0.3) is 0 Å². The third-order valence-corrected chi connectivity index (χ3v) is 3.56. The molecule has 4 nitrogen and oxygen atoms in total. The summed E-state index contributed by atoms with van der Waals surface area (Å²) in [5.41, 5.74) is -0.322. The van der Waals surface area contributed by atoms with Crippen LogP contribution in [0.3, 0.4) is 0 Å². The van der Waals surface area contributed by atoms with Crippen molar-refractivity contribution in [2.45, 2.75) is 58.9 Å². The predicted molar refractivity (Wildman–Crippen MR) is 65.6 cm³/mol. The van der Waals surface area contributed by atoms with Crippen LogP contribution >= 0.6 is 0 Å². The summed E-state index contributed by atoms with van der Waals surface area (Å²) in [6.07, 6.45) is 4.78. The minimum atomic E-state index is -0.976. The van der Waals surface area contributed by atoms with Crippen molar-refractivity contribution in [1.29, 1.82) is 0 Å². The maximum Gasteiger partial charge on any atom is 0.325 e.